The van der Waals surface area contributed by atoms with Crippen molar-refractivity contribution in [3.63, 3.8) is 0 Å². The first-order valence-corrected chi connectivity index (χ1v) is 10.5. The second-order valence-corrected chi connectivity index (χ2v) is 7.57. The molecule has 0 aromatic carbocycles. The van der Waals surface area contributed by atoms with E-state index in [4.69, 9.17) is 0 Å². The van der Waals surface area contributed by atoms with Crippen LogP contribution in [-0.2, 0) is 18.4 Å². The number of nitrogens with one attached hydrogen (secondary N) is 2. The second kappa shape index (κ2) is 12.3. The molecule has 29 heavy (non-hydrogen) atoms. The third-order valence-corrected chi connectivity index (χ3v) is 5.64. The summed E-state index contributed by atoms with van der Waals surface area (Å²) >= 11 is 0. The van der Waals surface area contributed by atoms with E-state index in [1.165, 1.54) is 12.8 Å². The van der Waals surface area contributed by atoms with E-state index in [0.717, 1.165) is 70.4 Å². The van der Waals surface area contributed by atoms with Crippen LogP contribution in [0.2, 0.25) is 0 Å². The van der Waals surface area contributed by atoms with Crippen molar-refractivity contribution < 1.29 is 4.79 Å². The lowest BCUT2D eigenvalue weighted by Gasteiger charge is -2.36. The van der Waals surface area contributed by atoms with Crippen molar-refractivity contribution in [1.29, 1.82) is 0 Å². The number of guanidine groups is 1. The zero-order valence-corrected chi connectivity index (χ0v) is 20.0. The topological polar surface area (TPSA) is 90.7 Å². The molecule has 0 radical (unpaired) electrons. The maximum atomic E-state index is 12.5. The molecule has 2 heterocycles. The third kappa shape index (κ3) is 7.09. The van der Waals surface area contributed by atoms with Gasteiger partial charge in [-0.05, 0) is 19.8 Å². The van der Waals surface area contributed by atoms with Gasteiger partial charge in [-0.1, -0.05) is 12.8 Å². The van der Waals surface area contributed by atoms with Crippen LogP contribution in [0.25, 0.3) is 0 Å². The summed E-state index contributed by atoms with van der Waals surface area (Å²) in [6, 6.07) is 0. The van der Waals surface area contributed by atoms with Gasteiger partial charge >= 0.3 is 0 Å². The summed E-state index contributed by atoms with van der Waals surface area (Å²) in [4.78, 5) is 25.8. The summed E-state index contributed by atoms with van der Waals surface area (Å²) in [5.74, 6) is 2.31. The molecule has 2 aliphatic rings. The van der Waals surface area contributed by atoms with Crippen LogP contribution < -0.4 is 10.6 Å². The minimum atomic E-state index is 0. The van der Waals surface area contributed by atoms with E-state index in [-0.39, 0.29) is 24.0 Å². The Hall–Kier alpha value is -1.43. The molecule has 1 amide bonds. The van der Waals surface area contributed by atoms with Gasteiger partial charge in [-0.3, -0.25) is 14.4 Å². The smallest absolute Gasteiger partial charge is 0.225 e. The minimum absolute atomic E-state index is 0. The molecule has 2 fully saturated rings. The number of rotatable bonds is 7. The molecule has 9 nitrogen and oxygen atoms in total. The van der Waals surface area contributed by atoms with Crippen molar-refractivity contribution in [3.8, 4) is 0 Å². The fraction of sp³-hybridized carbons (Fsp3) is 0.789. The van der Waals surface area contributed by atoms with Crippen molar-refractivity contribution in [2.75, 3.05) is 45.8 Å². The normalized spacial score (nSPS) is 18.6. The van der Waals surface area contributed by atoms with Crippen LogP contribution in [0.5, 0.6) is 0 Å². The number of aromatic nitrogens is 3. The first kappa shape index (κ1) is 23.8. The summed E-state index contributed by atoms with van der Waals surface area (Å²) in [5.41, 5.74) is 0. The highest BCUT2D eigenvalue weighted by molar-refractivity contribution is 14.0. The highest BCUT2D eigenvalue weighted by atomic mass is 127. The van der Waals surface area contributed by atoms with Crippen molar-refractivity contribution in [2.24, 2.45) is 18.0 Å². The summed E-state index contributed by atoms with van der Waals surface area (Å²) in [6.07, 6.45) is 6.15. The van der Waals surface area contributed by atoms with Gasteiger partial charge in [0.25, 0.3) is 0 Å². The van der Waals surface area contributed by atoms with Crippen molar-refractivity contribution >= 4 is 35.8 Å². The molecule has 0 bridgehead atoms. The predicted molar refractivity (Wildman–Crippen MR) is 124 cm³/mol. The van der Waals surface area contributed by atoms with E-state index >= 15 is 0 Å². The Kier molecular flexibility index (Phi) is 10.1. The molecule has 0 atom stereocenters. The number of nitrogens with zero attached hydrogens (tertiary/aromatic N) is 6. The molecule has 164 valence electrons. The van der Waals surface area contributed by atoms with Gasteiger partial charge in [0.2, 0.25) is 5.91 Å². The van der Waals surface area contributed by atoms with Crippen LogP contribution in [-0.4, -0.2) is 82.2 Å². The van der Waals surface area contributed by atoms with E-state index in [2.05, 4.69) is 42.4 Å². The summed E-state index contributed by atoms with van der Waals surface area (Å²) in [6.45, 7) is 8.74. The van der Waals surface area contributed by atoms with E-state index in [1.54, 1.807) is 11.0 Å². The predicted octanol–water partition coefficient (Wildman–Crippen LogP) is 0.823. The number of halogens is 1. The zero-order chi connectivity index (χ0) is 19.8. The van der Waals surface area contributed by atoms with Gasteiger partial charge in [-0.25, -0.2) is 9.98 Å². The van der Waals surface area contributed by atoms with Crippen LogP contribution in [0.1, 0.15) is 38.4 Å². The molecule has 1 aromatic rings. The first-order valence-electron chi connectivity index (χ1n) is 10.5. The van der Waals surface area contributed by atoms with E-state index in [1.807, 2.05) is 7.05 Å². The molecule has 1 saturated heterocycles. The fourth-order valence-electron chi connectivity index (χ4n) is 3.91. The van der Waals surface area contributed by atoms with Crippen LogP contribution in [0.3, 0.4) is 0 Å². The average molecular weight is 518 g/mol. The molecule has 0 unspecified atom stereocenters. The SMILES string of the molecule is CCNC(=NCc1ncnn1C)NCCN1CCN(C(=O)C2CCCC2)CC1.I. The highest BCUT2D eigenvalue weighted by Crippen LogP contribution is 2.26. The Bertz CT molecular complexity index is 650. The zero-order valence-electron chi connectivity index (χ0n) is 17.6. The number of aryl methyl sites for hydroxylation is 1. The van der Waals surface area contributed by atoms with Gasteiger partial charge < -0.3 is 15.5 Å². The number of carbonyl (C=O) groups excluding carboxylic acids is 1. The number of piperazine rings is 1. The highest BCUT2D eigenvalue weighted by Gasteiger charge is 2.29. The second-order valence-electron chi connectivity index (χ2n) is 7.57. The van der Waals surface area contributed by atoms with Crippen molar-refractivity contribution in [3.05, 3.63) is 12.2 Å². The van der Waals surface area contributed by atoms with E-state index < -0.39 is 0 Å². The Morgan fingerprint density at radius 1 is 1.21 bits per heavy atom. The van der Waals surface area contributed by atoms with Crippen LogP contribution in [0, 0.1) is 5.92 Å². The molecular formula is C19H35IN8O. The number of hydrogen-bond acceptors (Lipinski definition) is 5. The number of carbonyl (C=O) groups is 1. The van der Waals surface area contributed by atoms with Gasteiger partial charge in [0.15, 0.2) is 5.96 Å². The summed E-state index contributed by atoms with van der Waals surface area (Å²) in [5, 5.41) is 10.7. The van der Waals surface area contributed by atoms with Crippen LogP contribution in [0.15, 0.2) is 11.3 Å². The number of aliphatic imine (C=N–C) groups is 1. The monoisotopic (exact) mass is 518 g/mol. The van der Waals surface area contributed by atoms with Crippen LogP contribution >= 0.6 is 24.0 Å². The lowest BCUT2D eigenvalue weighted by atomic mass is 10.1. The van der Waals surface area contributed by atoms with Gasteiger partial charge in [0.1, 0.15) is 18.7 Å². The number of amides is 1. The molecule has 1 aromatic heterocycles. The Morgan fingerprint density at radius 2 is 1.93 bits per heavy atom. The molecule has 0 spiro atoms. The molecular weight excluding hydrogens is 483 g/mol. The quantitative estimate of drug-likeness (QED) is 0.316. The van der Waals surface area contributed by atoms with Crippen LogP contribution in [0.4, 0.5) is 0 Å². The lowest BCUT2D eigenvalue weighted by Crippen LogP contribution is -2.51. The first-order chi connectivity index (χ1) is 13.7. The van der Waals surface area contributed by atoms with E-state index in [0.29, 0.717) is 18.4 Å². The van der Waals surface area contributed by atoms with Gasteiger partial charge in [0, 0.05) is 58.8 Å². The lowest BCUT2D eigenvalue weighted by molar-refractivity contribution is -0.137. The maximum Gasteiger partial charge on any atom is 0.225 e. The molecule has 1 aliphatic carbocycles. The summed E-state index contributed by atoms with van der Waals surface area (Å²) in [7, 11) is 1.87. The van der Waals surface area contributed by atoms with Crippen molar-refractivity contribution in [2.45, 2.75) is 39.2 Å². The van der Waals surface area contributed by atoms with Crippen molar-refractivity contribution in [1.82, 2.24) is 35.2 Å². The number of hydrogen-bond donors (Lipinski definition) is 2. The Balaban J connectivity index is 0.00000300. The fourth-order valence-corrected chi connectivity index (χ4v) is 3.91. The molecule has 1 saturated carbocycles. The average Bonchev–Trinajstić information content (AvgIpc) is 3.38. The third-order valence-electron chi connectivity index (χ3n) is 5.64. The summed E-state index contributed by atoms with van der Waals surface area (Å²) < 4.78 is 1.74. The van der Waals surface area contributed by atoms with Gasteiger partial charge in [0.05, 0.1) is 0 Å². The minimum Gasteiger partial charge on any atom is -0.357 e. The van der Waals surface area contributed by atoms with Gasteiger partial charge in [-0.15, -0.1) is 24.0 Å². The largest absolute Gasteiger partial charge is 0.357 e. The molecule has 2 N–H and O–H groups in total. The Labute approximate surface area is 190 Å². The van der Waals surface area contributed by atoms with Gasteiger partial charge in [-0.2, -0.15) is 5.10 Å². The molecule has 1 aliphatic heterocycles. The molecule has 10 heteroatoms. The maximum absolute atomic E-state index is 12.5. The molecule has 3 rings (SSSR count). The Morgan fingerprint density at radius 3 is 2.55 bits per heavy atom. The standard InChI is InChI=1S/C19H34N8O.HI/c1-3-20-19(22-14-17-23-15-24-25(17)2)21-8-9-26-10-12-27(13-11-26)18(28)16-6-4-5-7-16;/h15-16H,3-14H2,1-2H3,(H2,20,21,22);1H. The van der Waals surface area contributed by atoms with E-state index in [9.17, 15) is 4.79 Å².